The molecule has 0 aliphatic carbocycles. The number of hydrogen-bond acceptors (Lipinski definition) is 5. The fourth-order valence-corrected chi connectivity index (χ4v) is 4.33. The van der Waals surface area contributed by atoms with Crippen molar-refractivity contribution in [2.45, 2.75) is 31.9 Å². The minimum absolute atomic E-state index is 0.0816. The number of anilines is 1. The van der Waals surface area contributed by atoms with Crippen LogP contribution in [-0.2, 0) is 14.3 Å². The molecule has 2 aromatic carbocycles. The Balaban J connectivity index is 1.73. The first kappa shape index (κ1) is 22.1. The van der Waals surface area contributed by atoms with Gasteiger partial charge in [-0.3, -0.25) is 14.5 Å². The second-order valence-electron chi connectivity index (χ2n) is 7.24. The molecule has 1 N–H and O–H groups in total. The number of aliphatic imine (C=N–C) groups is 1. The smallest absolute Gasteiger partial charge is 0.242 e. The third-order valence-corrected chi connectivity index (χ3v) is 5.94. The van der Waals surface area contributed by atoms with Crippen LogP contribution in [0.15, 0.2) is 53.5 Å². The van der Waals surface area contributed by atoms with E-state index in [1.807, 2.05) is 62.4 Å². The van der Waals surface area contributed by atoms with Crippen molar-refractivity contribution in [2.24, 2.45) is 4.99 Å². The van der Waals surface area contributed by atoms with Crippen LogP contribution in [0.5, 0.6) is 0 Å². The molecule has 1 atom stereocenters. The molecule has 0 unspecified atom stereocenters. The van der Waals surface area contributed by atoms with Crippen LogP contribution >= 0.6 is 11.8 Å². The number of aryl methyl sites for hydroxylation is 2. The van der Waals surface area contributed by atoms with Gasteiger partial charge in [0.1, 0.15) is 5.25 Å². The van der Waals surface area contributed by atoms with Gasteiger partial charge in [-0.05, 0) is 49.6 Å². The molecule has 7 heteroatoms. The monoisotopic (exact) mass is 425 g/mol. The molecule has 158 valence electrons. The molecule has 0 spiro atoms. The van der Waals surface area contributed by atoms with Crippen LogP contribution in [0.25, 0.3) is 0 Å². The number of para-hydroxylation sites is 1. The van der Waals surface area contributed by atoms with Crippen LogP contribution in [0.4, 0.5) is 11.4 Å². The average molecular weight is 426 g/mol. The van der Waals surface area contributed by atoms with Gasteiger partial charge in [-0.15, -0.1) is 0 Å². The quantitative estimate of drug-likeness (QED) is 0.640. The molecular weight excluding hydrogens is 398 g/mol. The standard InChI is InChI=1S/C23H27N3O3S/c1-16-10-11-17(2)19(14-16)25-21(27)15-20-22(28)26(12-7-13-29-3)23(30-20)24-18-8-5-4-6-9-18/h4-6,8-11,14,20H,7,12-13,15H2,1-3H3,(H,25,27)/t20-/m0/s1. The summed E-state index contributed by atoms with van der Waals surface area (Å²) in [4.78, 5) is 32.0. The highest BCUT2D eigenvalue weighted by Gasteiger charge is 2.38. The second-order valence-corrected chi connectivity index (χ2v) is 8.41. The van der Waals surface area contributed by atoms with Gasteiger partial charge in [-0.25, -0.2) is 4.99 Å². The number of ether oxygens (including phenoxy) is 1. The van der Waals surface area contributed by atoms with E-state index in [0.29, 0.717) is 24.7 Å². The Hall–Kier alpha value is -2.64. The maximum Gasteiger partial charge on any atom is 0.242 e. The molecule has 30 heavy (non-hydrogen) atoms. The fourth-order valence-electron chi connectivity index (χ4n) is 3.15. The topological polar surface area (TPSA) is 71.0 Å². The summed E-state index contributed by atoms with van der Waals surface area (Å²) < 4.78 is 5.12. The Kier molecular flexibility index (Phi) is 7.65. The highest BCUT2D eigenvalue weighted by atomic mass is 32.2. The number of carbonyl (C=O) groups is 2. The van der Waals surface area contributed by atoms with E-state index in [4.69, 9.17) is 4.74 Å². The predicted molar refractivity (Wildman–Crippen MR) is 122 cm³/mol. The Morgan fingerprint density at radius 1 is 1.20 bits per heavy atom. The predicted octanol–water partition coefficient (Wildman–Crippen LogP) is 4.30. The van der Waals surface area contributed by atoms with Crippen molar-refractivity contribution in [1.82, 2.24) is 4.90 Å². The normalized spacial score (nSPS) is 17.6. The first-order chi connectivity index (χ1) is 14.5. The SMILES string of the molecule is COCCCN1C(=O)[C@H](CC(=O)Nc2cc(C)ccc2C)SC1=Nc1ccccc1. The largest absolute Gasteiger partial charge is 0.385 e. The van der Waals surface area contributed by atoms with Crippen molar-refractivity contribution in [3.8, 4) is 0 Å². The molecule has 2 amide bonds. The Morgan fingerprint density at radius 3 is 2.70 bits per heavy atom. The maximum atomic E-state index is 13.0. The highest BCUT2D eigenvalue weighted by Crippen LogP contribution is 2.32. The van der Waals surface area contributed by atoms with Gasteiger partial charge in [-0.1, -0.05) is 42.1 Å². The van der Waals surface area contributed by atoms with Gasteiger partial charge in [0, 0.05) is 32.4 Å². The lowest BCUT2D eigenvalue weighted by atomic mass is 10.1. The van der Waals surface area contributed by atoms with E-state index in [1.165, 1.54) is 11.8 Å². The van der Waals surface area contributed by atoms with Crippen molar-refractivity contribution >= 4 is 40.1 Å². The van der Waals surface area contributed by atoms with Crippen LogP contribution < -0.4 is 5.32 Å². The van der Waals surface area contributed by atoms with E-state index in [9.17, 15) is 9.59 Å². The molecule has 3 rings (SSSR count). The number of hydrogen-bond donors (Lipinski definition) is 1. The molecule has 0 aromatic heterocycles. The third-order valence-electron chi connectivity index (χ3n) is 4.77. The lowest BCUT2D eigenvalue weighted by Crippen LogP contribution is -2.34. The van der Waals surface area contributed by atoms with E-state index in [0.717, 1.165) is 22.5 Å². The van der Waals surface area contributed by atoms with Crippen molar-refractivity contribution in [3.63, 3.8) is 0 Å². The van der Waals surface area contributed by atoms with Crippen molar-refractivity contribution in [2.75, 3.05) is 25.6 Å². The van der Waals surface area contributed by atoms with E-state index < -0.39 is 5.25 Å². The summed E-state index contributed by atoms with van der Waals surface area (Å²) in [5.74, 6) is -0.255. The zero-order valence-electron chi connectivity index (χ0n) is 17.6. The van der Waals surface area contributed by atoms with Crippen LogP contribution in [0.3, 0.4) is 0 Å². The van der Waals surface area contributed by atoms with Crippen molar-refractivity contribution in [3.05, 3.63) is 59.7 Å². The molecule has 1 fully saturated rings. The molecule has 0 bridgehead atoms. The summed E-state index contributed by atoms with van der Waals surface area (Å²) in [5.41, 5.74) is 3.63. The summed E-state index contributed by atoms with van der Waals surface area (Å²) in [6, 6.07) is 15.5. The molecule has 1 aliphatic rings. The van der Waals surface area contributed by atoms with E-state index in [-0.39, 0.29) is 18.2 Å². The summed E-state index contributed by atoms with van der Waals surface area (Å²) in [5, 5.41) is 3.09. The van der Waals surface area contributed by atoms with Crippen LogP contribution in [0, 0.1) is 13.8 Å². The number of nitrogens with zero attached hydrogens (tertiary/aromatic N) is 2. The zero-order chi connectivity index (χ0) is 21.5. The van der Waals surface area contributed by atoms with E-state index in [1.54, 1.807) is 12.0 Å². The molecule has 1 aliphatic heterocycles. The molecule has 0 saturated carbocycles. The maximum absolute atomic E-state index is 13.0. The average Bonchev–Trinajstić information content (AvgIpc) is 3.00. The van der Waals surface area contributed by atoms with Gasteiger partial charge in [-0.2, -0.15) is 0 Å². The minimum Gasteiger partial charge on any atom is -0.385 e. The second kappa shape index (κ2) is 10.4. The van der Waals surface area contributed by atoms with E-state index >= 15 is 0 Å². The number of benzene rings is 2. The highest BCUT2D eigenvalue weighted by molar-refractivity contribution is 8.15. The van der Waals surface area contributed by atoms with Gasteiger partial charge in [0.2, 0.25) is 11.8 Å². The Labute approximate surface area is 181 Å². The first-order valence-corrected chi connectivity index (χ1v) is 10.8. The number of amides is 2. The van der Waals surface area contributed by atoms with Crippen LogP contribution in [0.2, 0.25) is 0 Å². The number of nitrogens with one attached hydrogen (secondary N) is 1. The van der Waals surface area contributed by atoms with Crippen LogP contribution in [-0.4, -0.2) is 47.4 Å². The molecule has 1 heterocycles. The van der Waals surface area contributed by atoms with Crippen molar-refractivity contribution in [1.29, 1.82) is 0 Å². The van der Waals surface area contributed by atoms with Crippen molar-refractivity contribution < 1.29 is 14.3 Å². The summed E-state index contributed by atoms with van der Waals surface area (Å²) in [6.07, 6.45) is 0.809. The number of carbonyl (C=O) groups excluding carboxylic acids is 2. The molecule has 1 saturated heterocycles. The minimum atomic E-state index is -0.486. The molecule has 0 radical (unpaired) electrons. The Bertz CT molecular complexity index is 931. The van der Waals surface area contributed by atoms with Gasteiger partial charge < -0.3 is 10.1 Å². The first-order valence-electron chi connectivity index (χ1n) is 9.95. The summed E-state index contributed by atoms with van der Waals surface area (Å²) in [7, 11) is 1.64. The fraction of sp³-hybridized carbons (Fsp3) is 0.348. The summed E-state index contributed by atoms with van der Waals surface area (Å²) >= 11 is 1.35. The van der Waals surface area contributed by atoms with Gasteiger partial charge in [0.25, 0.3) is 0 Å². The lowest BCUT2D eigenvalue weighted by Gasteiger charge is -2.16. The molecular formula is C23H27N3O3S. The van der Waals surface area contributed by atoms with Gasteiger partial charge >= 0.3 is 0 Å². The lowest BCUT2D eigenvalue weighted by molar-refractivity contribution is -0.128. The molecule has 6 nitrogen and oxygen atoms in total. The number of rotatable bonds is 8. The zero-order valence-corrected chi connectivity index (χ0v) is 18.4. The number of thioether (sulfide) groups is 1. The van der Waals surface area contributed by atoms with Gasteiger partial charge in [0.05, 0.1) is 5.69 Å². The molecule has 2 aromatic rings. The Morgan fingerprint density at radius 2 is 1.97 bits per heavy atom. The van der Waals surface area contributed by atoms with E-state index in [2.05, 4.69) is 10.3 Å². The third kappa shape index (κ3) is 5.70. The van der Waals surface area contributed by atoms with Crippen LogP contribution in [0.1, 0.15) is 24.0 Å². The number of methoxy groups -OCH3 is 1. The number of amidine groups is 1. The van der Waals surface area contributed by atoms with Gasteiger partial charge in [0.15, 0.2) is 5.17 Å². The summed E-state index contributed by atoms with van der Waals surface area (Å²) in [6.45, 7) is 5.01.